The molecule has 0 aliphatic rings. The van der Waals surface area contributed by atoms with Gasteiger partial charge in [-0.1, -0.05) is 6.92 Å². The SMILES string of the molecule is CCc1nc(-c2cnc3ccsc3c2)[nH]c(=O)c1C. The summed E-state index contributed by atoms with van der Waals surface area (Å²) in [6.07, 6.45) is 2.50. The lowest BCUT2D eigenvalue weighted by molar-refractivity contribution is 0.954. The standard InChI is InChI=1S/C14H13N3OS/c1-3-10-8(2)14(18)17-13(16-10)9-6-12-11(15-7-9)4-5-19-12/h4-7H,3H2,1-2H3,(H,16,17,18). The predicted octanol–water partition coefficient (Wildman–Crippen LogP) is 2.92. The first-order chi connectivity index (χ1) is 9.19. The van der Waals surface area contributed by atoms with E-state index in [0.29, 0.717) is 11.4 Å². The number of aromatic amines is 1. The first kappa shape index (κ1) is 12.0. The molecule has 96 valence electrons. The quantitative estimate of drug-likeness (QED) is 0.779. The molecule has 0 aromatic carbocycles. The Balaban J connectivity index is 2.20. The van der Waals surface area contributed by atoms with Crippen molar-refractivity contribution < 1.29 is 0 Å². The van der Waals surface area contributed by atoms with E-state index in [1.165, 1.54) is 0 Å². The summed E-state index contributed by atoms with van der Waals surface area (Å²) in [5.74, 6) is 0.593. The van der Waals surface area contributed by atoms with E-state index < -0.39 is 0 Å². The smallest absolute Gasteiger partial charge is 0.254 e. The maximum absolute atomic E-state index is 11.9. The minimum absolute atomic E-state index is 0.0758. The van der Waals surface area contributed by atoms with Crippen LogP contribution in [0.2, 0.25) is 0 Å². The van der Waals surface area contributed by atoms with E-state index in [1.807, 2.05) is 24.4 Å². The zero-order chi connectivity index (χ0) is 13.4. The van der Waals surface area contributed by atoms with Crippen LogP contribution in [0.3, 0.4) is 0 Å². The number of hydrogen-bond acceptors (Lipinski definition) is 4. The second kappa shape index (κ2) is 4.59. The van der Waals surface area contributed by atoms with Gasteiger partial charge in [0.2, 0.25) is 0 Å². The van der Waals surface area contributed by atoms with Crippen molar-refractivity contribution >= 4 is 21.6 Å². The number of hydrogen-bond donors (Lipinski definition) is 1. The number of rotatable bonds is 2. The minimum atomic E-state index is -0.0758. The summed E-state index contributed by atoms with van der Waals surface area (Å²) in [7, 11) is 0. The first-order valence-electron chi connectivity index (χ1n) is 6.12. The van der Waals surface area contributed by atoms with Crippen LogP contribution in [0.25, 0.3) is 21.6 Å². The topological polar surface area (TPSA) is 58.6 Å². The van der Waals surface area contributed by atoms with Crippen LogP contribution in [0.15, 0.2) is 28.5 Å². The number of thiophene rings is 1. The highest BCUT2D eigenvalue weighted by molar-refractivity contribution is 7.17. The van der Waals surface area contributed by atoms with E-state index in [4.69, 9.17) is 0 Å². The van der Waals surface area contributed by atoms with Gasteiger partial charge in [-0.15, -0.1) is 11.3 Å². The van der Waals surface area contributed by atoms with Crippen LogP contribution < -0.4 is 5.56 Å². The highest BCUT2D eigenvalue weighted by Gasteiger charge is 2.09. The Bertz CT molecular complexity index is 804. The molecule has 0 aliphatic carbocycles. The Kier molecular flexibility index (Phi) is 2.91. The second-order valence-corrected chi connectivity index (χ2v) is 5.32. The van der Waals surface area contributed by atoms with Gasteiger partial charge in [0.05, 0.1) is 15.9 Å². The molecule has 3 aromatic heterocycles. The van der Waals surface area contributed by atoms with Crippen molar-refractivity contribution in [3.63, 3.8) is 0 Å². The Morgan fingerprint density at radius 2 is 2.26 bits per heavy atom. The molecule has 3 heterocycles. The molecule has 0 atom stereocenters. The first-order valence-corrected chi connectivity index (χ1v) is 7.00. The Hall–Kier alpha value is -2.01. The molecule has 0 unspecified atom stereocenters. The summed E-state index contributed by atoms with van der Waals surface area (Å²) in [5.41, 5.74) is 3.27. The molecule has 3 rings (SSSR count). The molecule has 0 aliphatic heterocycles. The average molecular weight is 271 g/mol. The Morgan fingerprint density at radius 1 is 1.42 bits per heavy atom. The molecule has 4 nitrogen and oxygen atoms in total. The molecular formula is C14H13N3OS. The van der Waals surface area contributed by atoms with Gasteiger partial charge >= 0.3 is 0 Å². The lowest BCUT2D eigenvalue weighted by Gasteiger charge is -2.05. The van der Waals surface area contributed by atoms with E-state index in [1.54, 1.807) is 24.5 Å². The van der Waals surface area contributed by atoms with E-state index in [2.05, 4.69) is 15.0 Å². The van der Waals surface area contributed by atoms with E-state index in [-0.39, 0.29) is 5.56 Å². The molecule has 0 spiro atoms. The zero-order valence-corrected chi connectivity index (χ0v) is 11.5. The summed E-state index contributed by atoms with van der Waals surface area (Å²) >= 11 is 1.63. The lowest BCUT2D eigenvalue weighted by Crippen LogP contribution is -2.15. The number of H-pyrrole nitrogens is 1. The maximum atomic E-state index is 11.9. The third kappa shape index (κ3) is 2.06. The van der Waals surface area contributed by atoms with Crippen LogP contribution in [0.5, 0.6) is 0 Å². The summed E-state index contributed by atoms with van der Waals surface area (Å²) in [5, 5.41) is 2.00. The normalized spacial score (nSPS) is 11.1. The van der Waals surface area contributed by atoms with Crippen LogP contribution in [-0.2, 0) is 6.42 Å². The van der Waals surface area contributed by atoms with E-state index in [0.717, 1.165) is 27.9 Å². The van der Waals surface area contributed by atoms with E-state index >= 15 is 0 Å². The highest BCUT2D eigenvalue weighted by Crippen LogP contribution is 2.23. The number of fused-ring (bicyclic) bond motifs is 1. The van der Waals surface area contributed by atoms with E-state index in [9.17, 15) is 4.79 Å². The van der Waals surface area contributed by atoms with Crippen LogP contribution in [0.4, 0.5) is 0 Å². The minimum Gasteiger partial charge on any atom is -0.306 e. The van der Waals surface area contributed by atoms with Gasteiger partial charge in [-0.25, -0.2) is 4.98 Å². The lowest BCUT2D eigenvalue weighted by atomic mass is 10.2. The van der Waals surface area contributed by atoms with Gasteiger partial charge in [-0.2, -0.15) is 0 Å². The molecule has 0 saturated heterocycles. The van der Waals surface area contributed by atoms with Crippen LogP contribution in [-0.4, -0.2) is 15.0 Å². The van der Waals surface area contributed by atoms with Crippen molar-refractivity contribution in [2.24, 2.45) is 0 Å². The van der Waals surface area contributed by atoms with Gasteiger partial charge in [0.15, 0.2) is 0 Å². The number of aromatic nitrogens is 3. The summed E-state index contributed by atoms with van der Waals surface area (Å²) < 4.78 is 1.10. The van der Waals surface area contributed by atoms with Gasteiger partial charge in [-0.05, 0) is 30.9 Å². The molecule has 19 heavy (non-hydrogen) atoms. The molecule has 3 aromatic rings. The monoisotopic (exact) mass is 271 g/mol. The molecule has 0 saturated carbocycles. The van der Waals surface area contributed by atoms with Gasteiger partial charge in [0.1, 0.15) is 5.82 Å². The van der Waals surface area contributed by atoms with Crippen LogP contribution in [0.1, 0.15) is 18.2 Å². The van der Waals surface area contributed by atoms with Gasteiger partial charge < -0.3 is 4.98 Å². The molecule has 0 amide bonds. The molecule has 1 N–H and O–H groups in total. The van der Waals surface area contributed by atoms with Crippen molar-refractivity contribution in [2.45, 2.75) is 20.3 Å². The molecule has 0 radical (unpaired) electrons. The number of nitrogens with one attached hydrogen (secondary N) is 1. The van der Waals surface area contributed by atoms with Crippen molar-refractivity contribution in [3.05, 3.63) is 45.3 Å². The Morgan fingerprint density at radius 3 is 3.05 bits per heavy atom. The largest absolute Gasteiger partial charge is 0.306 e. The second-order valence-electron chi connectivity index (χ2n) is 4.37. The summed E-state index contributed by atoms with van der Waals surface area (Å²) in [6, 6.07) is 3.99. The summed E-state index contributed by atoms with van der Waals surface area (Å²) in [6.45, 7) is 3.80. The zero-order valence-electron chi connectivity index (χ0n) is 10.7. The maximum Gasteiger partial charge on any atom is 0.254 e. The average Bonchev–Trinajstić information content (AvgIpc) is 2.89. The predicted molar refractivity (Wildman–Crippen MR) is 77.6 cm³/mol. The van der Waals surface area contributed by atoms with Gasteiger partial charge in [-0.3, -0.25) is 9.78 Å². The number of pyridine rings is 1. The highest BCUT2D eigenvalue weighted by atomic mass is 32.1. The number of nitrogens with zero attached hydrogens (tertiary/aromatic N) is 2. The fraction of sp³-hybridized carbons (Fsp3) is 0.214. The molecule has 0 bridgehead atoms. The fourth-order valence-electron chi connectivity index (χ4n) is 2.04. The van der Waals surface area contributed by atoms with Crippen LogP contribution in [0, 0.1) is 6.92 Å². The van der Waals surface area contributed by atoms with Crippen LogP contribution >= 0.6 is 11.3 Å². The third-order valence-electron chi connectivity index (χ3n) is 3.16. The van der Waals surface area contributed by atoms with Crippen molar-refractivity contribution in [2.75, 3.05) is 0 Å². The van der Waals surface area contributed by atoms with Gasteiger partial charge in [0, 0.05) is 17.3 Å². The third-order valence-corrected chi connectivity index (χ3v) is 4.02. The molecule has 0 fully saturated rings. The van der Waals surface area contributed by atoms with Crippen molar-refractivity contribution in [1.82, 2.24) is 15.0 Å². The molecular weight excluding hydrogens is 258 g/mol. The fourth-order valence-corrected chi connectivity index (χ4v) is 2.82. The van der Waals surface area contributed by atoms with Crippen molar-refractivity contribution in [3.8, 4) is 11.4 Å². The Labute approximate surface area is 114 Å². The molecule has 5 heteroatoms. The van der Waals surface area contributed by atoms with Crippen molar-refractivity contribution in [1.29, 1.82) is 0 Å². The summed E-state index contributed by atoms with van der Waals surface area (Å²) in [4.78, 5) is 23.6. The van der Waals surface area contributed by atoms with Gasteiger partial charge in [0.25, 0.3) is 5.56 Å². The number of aryl methyl sites for hydroxylation is 1.